The van der Waals surface area contributed by atoms with Crippen LogP contribution in [0.15, 0.2) is 0 Å². The van der Waals surface area contributed by atoms with E-state index in [-0.39, 0.29) is 62.0 Å². The quantitative estimate of drug-likeness (QED) is 0.218. The summed E-state index contributed by atoms with van der Waals surface area (Å²) in [6.07, 6.45) is 0. The molecule has 0 bridgehead atoms. The molecule has 0 spiro atoms. The fourth-order valence-corrected chi connectivity index (χ4v) is 0. The number of hydrogen-bond donors (Lipinski definition) is 2. The molecule has 1 unspecified atom stereocenters. The summed E-state index contributed by atoms with van der Waals surface area (Å²) < 4.78 is 12.5. The van der Waals surface area contributed by atoms with Crippen molar-refractivity contribution < 1.29 is 76.1 Å². The van der Waals surface area contributed by atoms with E-state index in [1.807, 2.05) is 0 Å². The standard InChI is InChI=1S/H2NO3P.2Na.2H/c1-4-5(2)3;;;;/h1H2;;;;/q;2*+1;2*-1/p+1. The topological polar surface area (TPSA) is 72.5 Å². The smallest absolute Gasteiger partial charge is 1.00 e. The van der Waals surface area contributed by atoms with Crippen LogP contribution in [0, 0.1) is 0 Å². The zero-order valence-corrected chi connectivity index (χ0v) is 9.18. The summed E-state index contributed by atoms with van der Waals surface area (Å²) in [5.74, 6) is 4.14. The molecule has 0 amide bonds. The summed E-state index contributed by atoms with van der Waals surface area (Å²) >= 11 is 0. The van der Waals surface area contributed by atoms with Crippen molar-refractivity contribution in [2.24, 2.45) is 5.90 Å². The molecular formula is H5NNa2O3P+. The Hall–Kier alpha value is 1.98. The third-order valence-corrected chi connectivity index (χ3v) is 0.271. The molecule has 34 valence electrons. The van der Waals surface area contributed by atoms with Crippen LogP contribution < -0.4 is 65.0 Å². The van der Waals surface area contributed by atoms with E-state index in [0.29, 0.717) is 0 Å². The SMILES string of the molecule is NO[P+](=O)O.[H-].[H-].[Na+].[Na+]. The first kappa shape index (κ1) is 16.0. The summed E-state index contributed by atoms with van der Waals surface area (Å²) in [5, 5.41) is 0. The van der Waals surface area contributed by atoms with Gasteiger partial charge in [0.05, 0.1) is 0 Å². The van der Waals surface area contributed by atoms with Gasteiger partial charge in [0.25, 0.3) is 0 Å². The third kappa shape index (κ3) is 18.0. The van der Waals surface area contributed by atoms with E-state index < -0.39 is 8.25 Å². The van der Waals surface area contributed by atoms with Crippen LogP contribution >= 0.6 is 8.25 Å². The minimum absolute atomic E-state index is 0. The zero-order chi connectivity index (χ0) is 4.28. The van der Waals surface area contributed by atoms with Crippen molar-refractivity contribution in [2.45, 2.75) is 0 Å². The van der Waals surface area contributed by atoms with E-state index in [1.165, 1.54) is 0 Å². The molecule has 0 aromatic rings. The van der Waals surface area contributed by atoms with E-state index in [0.717, 1.165) is 0 Å². The van der Waals surface area contributed by atoms with Gasteiger partial charge in [0.2, 0.25) is 0 Å². The van der Waals surface area contributed by atoms with Crippen molar-refractivity contribution >= 4 is 8.25 Å². The Kier molecular flexibility index (Phi) is 24.8. The van der Waals surface area contributed by atoms with Crippen molar-refractivity contribution in [2.75, 3.05) is 0 Å². The van der Waals surface area contributed by atoms with Crippen LogP contribution in [0.2, 0.25) is 0 Å². The first-order valence-corrected chi connectivity index (χ1v) is 1.93. The van der Waals surface area contributed by atoms with Crippen molar-refractivity contribution in [3.63, 3.8) is 0 Å². The van der Waals surface area contributed by atoms with Gasteiger partial charge in [0, 0.05) is 4.57 Å². The molecule has 0 heterocycles. The van der Waals surface area contributed by atoms with Crippen molar-refractivity contribution in [1.82, 2.24) is 0 Å². The minimum Gasteiger partial charge on any atom is -1.00 e. The van der Waals surface area contributed by atoms with Crippen molar-refractivity contribution in [3.8, 4) is 0 Å². The number of nitrogens with two attached hydrogens (primary N) is 1. The molecule has 0 radical (unpaired) electrons. The Morgan fingerprint density at radius 1 is 1.71 bits per heavy atom. The Morgan fingerprint density at radius 3 is 1.86 bits per heavy atom. The maximum Gasteiger partial charge on any atom is 1.00 e. The first-order chi connectivity index (χ1) is 2.27. The summed E-state index contributed by atoms with van der Waals surface area (Å²) in [6, 6.07) is 0. The summed E-state index contributed by atoms with van der Waals surface area (Å²) in [5.41, 5.74) is 0. The molecule has 3 N–H and O–H groups in total. The second-order valence-electron chi connectivity index (χ2n) is 0.343. The molecule has 0 aromatic heterocycles. The van der Waals surface area contributed by atoms with Crippen LogP contribution in [0.3, 0.4) is 0 Å². The predicted molar refractivity (Wildman–Crippen MR) is 17.3 cm³/mol. The molecule has 7 heavy (non-hydrogen) atoms. The minimum atomic E-state index is -2.57. The van der Waals surface area contributed by atoms with E-state index in [9.17, 15) is 0 Å². The summed E-state index contributed by atoms with van der Waals surface area (Å²) in [6.45, 7) is 0. The van der Waals surface area contributed by atoms with Gasteiger partial charge in [0.15, 0.2) is 0 Å². The van der Waals surface area contributed by atoms with Crippen LogP contribution in [-0.4, -0.2) is 4.89 Å². The molecule has 0 aliphatic carbocycles. The summed E-state index contributed by atoms with van der Waals surface area (Å²) in [7, 11) is -2.57. The molecule has 0 saturated carbocycles. The molecule has 0 aliphatic heterocycles. The number of hydrogen-bond acceptors (Lipinski definition) is 3. The van der Waals surface area contributed by atoms with Gasteiger partial charge < -0.3 is 2.85 Å². The fraction of sp³-hybridized carbons (Fsp3) is 0. The van der Waals surface area contributed by atoms with Gasteiger partial charge in [-0.15, -0.1) is 4.89 Å². The van der Waals surface area contributed by atoms with E-state index in [4.69, 9.17) is 9.46 Å². The molecule has 0 saturated heterocycles. The van der Waals surface area contributed by atoms with Gasteiger partial charge in [0.1, 0.15) is 0 Å². The largest absolute Gasteiger partial charge is 1.00 e. The molecule has 0 aliphatic rings. The van der Waals surface area contributed by atoms with Gasteiger partial charge in [-0.1, -0.05) is 0 Å². The normalized spacial score (nSPS) is 8.00. The maximum atomic E-state index is 9.17. The molecule has 0 fully saturated rings. The average molecular weight is 144 g/mol. The maximum absolute atomic E-state index is 9.17. The molecule has 0 aromatic carbocycles. The van der Waals surface area contributed by atoms with Crippen LogP contribution in [0.5, 0.6) is 0 Å². The van der Waals surface area contributed by atoms with E-state index in [1.54, 1.807) is 0 Å². The molecule has 4 nitrogen and oxygen atoms in total. The van der Waals surface area contributed by atoms with Crippen LogP contribution in [-0.2, 0) is 9.19 Å². The first-order valence-electron chi connectivity index (χ1n) is 0.801. The molecule has 7 heteroatoms. The van der Waals surface area contributed by atoms with Crippen LogP contribution in [0.1, 0.15) is 2.85 Å². The Bertz CT molecular complexity index is 55.1. The number of rotatable bonds is 1. The monoisotopic (exact) mass is 144 g/mol. The van der Waals surface area contributed by atoms with Gasteiger partial charge in [-0.25, -0.2) is 0 Å². The molecule has 0 rings (SSSR count). The Morgan fingerprint density at radius 2 is 1.86 bits per heavy atom. The molecular weight excluding hydrogens is 139 g/mol. The van der Waals surface area contributed by atoms with Gasteiger partial charge >= 0.3 is 67.4 Å². The second-order valence-corrected chi connectivity index (χ2v) is 1.03. The fourth-order valence-electron chi connectivity index (χ4n) is 0. The van der Waals surface area contributed by atoms with Gasteiger partial charge in [-0.05, 0) is 4.62 Å². The third-order valence-electron chi connectivity index (χ3n) is 0.0902. The van der Waals surface area contributed by atoms with Crippen LogP contribution in [0.4, 0.5) is 0 Å². The average Bonchev–Trinajstić information content (AvgIpc) is 1.38. The van der Waals surface area contributed by atoms with E-state index >= 15 is 0 Å². The van der Waals surface area contributed by atoms with Crippen LogP contribution in [0.25, 0.3) is 0 Å². The van der Waals surface area contributed by atoms with Crippen molar-refractivity contribution in [1.29, 1.82) is 0 Å². The predicted octanol–water partition coefficient (Wildman–Crippen LogP) is -6.24. The van der Waals surface area contributed by atoms with Gasteiger partial charge in [-0.3, -0.25) is 0 Å². The zero-order valence-electron chi connectivity index (χ0n) is 6.29. The Labute approximate surface area is 89.3 Å². The second kappa shape index (κ2) is 10.9. The van der Waals surface area contributed by atoms with E-state index in [2.05, 4.69) is 10.5 Å². The molecule has 1 atom stereocenters. The van der Waals surface area contributed by atoms with Gasteiger partial charge in [-0.2, -0.15) is 5.90 Å². The summed E-state index contributed by atoms with van der Waals surface area (Å²) in [4.78, 5) is 7.52. The van der Waals surface area contributed by atoms with Crippen molar-refractivity contribution in [3.05, 3.63) is 0 Å². The Balaban J connectivity index is -0.0000000133.